The summed E-state index contributed by atoms with van der Waals surface area (Å²) in [5.41, 5.74) is 3.45. The molecule has 7 heteroatoms. The molecule has 1 aliphatic rings. The summed E-state index contributed by atoms with van der Waals surface area (Å²) < 4.78 is 21.4. The molecular weight excluding hydrogens is 423 g/mol. The number of rotatable bonds is 7. The van der Waals surface area contributed by atoms with Gasteiger partial charge in [-0.1, -0.05) is 25.1 Å². The average Bonchev–Trinajstić information content (AvgIpc) is 3.12. The number of amides is 1. The molecule has 2 aromatic carbocycles. The number of hydrogen-bond donors (Lipinski definition) is 1. The summed E-state index contributed by atoms with van der Waals surface area (Å²) in [6, 6.07) is 11.2. The number of ether oxygens (including phenoxy) is 1. The Morgan fingerprint density at radius 1 is 1.27 bits per heavy atom. The van der Waals surface area contributed by atoms with Crippen molar-refractivity contribution in [2.24, 2.45) is 0 Å². The molecule has 0 radical (unpaired) electrons. The van der Waals surface area contributed by atoms with Crippen LogP contribution in [0.2, 0.25) is 0 Å². The molecule has 6 nitrogen and oxygen atoms in total. The molecule has 33 heavy (non-hydrogen) atoms. The van der Waals surface area contributed by atoms with Crippen LogP contribution in [0, 0.1) is 5.82 Å². The Morgan fingerprint density at radius 2 is 2.03 bits per heavy atom. The van der Waals surface area contributed by atoms with Crippen LogP contribution in [0.4, 0.5) is 4.39 Å². The van der Waals surface area contributed by atoms with E-state index in [1.54, 1.807) is 25.1 Å². The Labute approximate surface area is 192 Å². The molecule has 1 N–H and O–H groups in total. The third kappa shape index (κ3) is 4.19. The van der Waals surface area contributed by atoms with E-state index in [9.17, 15) is 19.1 Å². The molecule has 174 valence electrons. The topological polar surface area (TPSA) is 71.8 Å². The average molecular weight is 453 g/mol. The molecule has 4 rings (SSSR count). The SMILES string of the molecule is CCC(C(=O)O)n1c2c(c3cc(F)ccc31)CC(N(C)C(=O)Cc1ccccc1OC)CC2. The highest BCUT2D eigenvalue weighted by atomic mass is 19.1. The number of halogens is 1. The molecule has 3 aromatic rings. The lowest BCUT2D eigenvalue weighted by Crippen LogP contribution is -2.41. The van der Waals surface area contributed by atoms with Crippen molar-refractivity contribution < 1.29 is 23.8 Å². The zero-order valence-electron chi connectivity index (χ0n) is 19.2. The molecule has 0 fully saturated rings. The minimum Gasteiger partial charge on any atom is -0.496 e. The fourth-order valence-corrected chi connectivity index (χ4v) is 5.04. The number of nitrogens with zero attached hydrogens (tertiary/aromatic N) is 2. The number of hydrogen-bond acceptors (Lipinski definition) is 3. The van der Waals surface area contributed by atoms with Crippen molar-refractivity contribution in [3.05, 3.63) is 65.1 Å². The Hall–Kier alpha value is -3.35. The van der Waals surface area contributed by atoms with Crippen LogP contribution in [0.25, 0.3) is 10.9 Å². The molecule has 0 spiro atoms. The molecular formula is C26H29FN2O4. The van der Waals surface area contributed by atoms with E-state index in [0.29, 0.717) is 25.0 Å². The zero-order chi connectivity index (χ0) is 23.7. The van der Waals surface area contributed by atoms with Gasteiger partial charge in [-0.15, -0.1) is 0 Å². The van der Waals surface area contributed by atoms with E-state index in [4.69, 9.17) is 4.74 Å². The van der Waals surface area contributed by atoms with Gasteiger partial charge in [0.15, 0.2) is 0 Å². The van der Waals surface area contributed by atoms with Gasteiger partial charge in [0.05, 0.1) is 13.5 Å². The van der Waals surface area contributed by atoms with Gasteiger partial charge in [-0.3, -0.25) is 4.79 Å². The lowest BCUT2D eigenvalue weighted by molar-refractivity contribution is -0.141. The van der Waals surface area contributed by atoms with Crippen molar-refractivity contribution in [2.45, 2.75) is 51.1 Å². The van der Waals surface area contributed by atoms with Crippen LogP contribution in [0.3, 0.4) is 0 Å². The number of carbonyl (C=O) groups excluding carboxylic acids is 1. The lowest BCUT2D eigenvalue weighted by Gasteiger charge is -2.33. The van der Waals surface area contributed by atoms with Crippen LogP contribution in [-0.2, 0) is 28.9 Å². The van der Waals surface area contributed by atoms with E-state index in [2.05, 4.69) is 0 Å². The molecule has 1 aromatic heterocycles. The standard InChI is InChI=1S/C26H29FN2O4/c1-4-21(26(31)32)29-22-11-9-17(27)14-19(22)20-15-18(10-12-23(20)29)28(2)25(30)13-16-7-5-6-8-24(16)33-3/h5-9,11,14,18,21H,4,10,12-13,15H2,1-3H3,(H,31,32). The third-order valence-corrected chi connectivity index (χ3v) is 6.80. The van der Waals surface area contributed by atoms with Gasteiger partial charge in [0.2, 0.25) is 5.91 Å². The summed E-state index contributed by atoms with van der Waals surface area (Å²) in [6.45, 7) is 1.84. The largest absolute Gasteiger partial charge is 0.496 e. The van der Waals surface area contributed by atoms with E-state index in [-0.39, 0.29) is 24.2 Å². The summed E-state index contributed by atoms with van der Waals surface area (Å²) in [5.74, 6) is -0.579. The van der Waals surface area contributed by atoms with E-state index in [1.807, 2.05) is 35.8 Å². The summed E-state index contributed by atoms with van der Waals surface area (Å²) in [7, 11) is 3.39. The Morgan fingerprint density at radius 3 is 2.73 bits per heavy atom. The van der Waals surface area contributed by atoms with Crippen LogP contribution >= 0.6 is 0 Å². The van der Waals surface area contributed by atoms with Crippen molar-refractivity contribution in [3.8, 4) is 5.75 Å². The highest BCUT2D eigenvalue weighted by Gasteiger charge is 2.32. The maximum atomic E-state index is 14.2. The molecule has 1 aliphatic carbocycles. The van der Waals surface area contributed by atoms with Crippen LogP contribution in [0.5, 0.6) is 5.75 Å². The normalized spacial score (nSPS) is 16.3. The van der Waals surface area contributed by atoms with Crippen LogP contribution in [-0.4, -0.2) is 46.6 Å². The van der Waals surface area contributed by atoms with Gasteiger partial charge >= 0.3 is 5.97 Å². The van der Waals surface area contributed by atoms with Crippen LogP contribution in [0.1, 0.15) is 42.6 Å². The molecule has 0 bridgehead atoms. The van der Waals surface area contributed by atoms with Crippen molar-refractivity contribution in [1.29, 1.82) is 0 Å². The van der Waals surface area contributed by atoms with E-state index < -0.39 is 12.0 Å². The highest BCUT2D eigenvalue weighted by molar-refractivity contribution is 5.88. The summed E-state index contributed by atoms with van der Waals surface area (Å²) in [6.07, 6.45) is 2.58. The smallest absolute Gasteiger partial charge is 0.326 e. The van der Waals surface area contributed by atoms with Crippen molar-refractivity contribution in [2.75, 3.05) is 14.2 Å². The van der Waals surface area contributed by atoms with Gasteiger partial charge in [0.1, 0.15) is 17.6 Å². The van der Waals surface area contributed by atoms with Gasteiger partial charge in [-0.25, -0.2) is 9.18 Å². The number of benzene rings is 2. The fraction of sp³-hybridized carbons (Fsp3) is 0.385. The lowest BCUT2D eigenvalue weighted by atomic mass is 9.90. The summed E-state index contributed by atoms with van der Waals surface area (Å²) in [4.78, 5) is 26.8. The van der Waals surface area contributed by atoms with E-state index in [0.717, 1.165) is 34.1 Å². The van der Waals surface area contributed by atoms with Crippen LogP contribution in [0.15, 0.2) is 42.5 Å². The second-order valence-electron chi connectivity index (χ2n) is 8.61. The van der Waals surface area contributed by atoms with Gasteiger partial charge < -0.3 is 19.3 Å². The number of carbonyl (C=O) groups is 2. The first-order valence-electron chi connectivity index (χ1n) is 11.3. The number of aromatic nitrogens is 1. The minimum atomic E-state index is -0.896. The minimum absolute atomic E-state index is 0.0140. The first-order chi connectivity index (χ1) is 15.8. The quantitative estimate of drug-likeness (QED) is 0.577. The van der Waals surface area contributed by atoms with E-state index in [1.165, 1.54) is 12.1 Å². The Bertz CT molecular complexity index is 1200. The maximum absolute atomic E-state index is 14.2. The second-order valence-corrected chi connectivity index (χ2v) is 8.61. The zero-order valence-corrected chi connectivity index (χ0v) is 19.2. The number of methoxy groups -OCH3 is 1. The first kappa shape index (κ1) is 22.8. The van der Waals surface area contributed by atoms with E-state index >= 15 is 0 Å². The number of aliphatic carboxylic acids is 1. The van der Waals surface area contributed by atoms with Gasteiger partial charge in [0, 0.05) is 35.2 Å². The first-order valence-corrected chi connectivity index (χ1v) is 11.3. The molecule has 2 unspecified atom stereocenters. The summed E-state index contributed by atoms with van der Waals surface area (Å²) >= 11 is 0. The van der Waals surface area contributed by atoms with Gasteiger partial charge in [0.25, 0.3) is 0 Å². The molecule has 0 aliphatic heterocycles. The van der Waals surface area contributed by atoms with Crippen molar-refractivity contribution >= 4 is 22.8 Å². The van der Waals surface area contributed by atoms with Crippen molar-refractivity contribution in [1.82, 2.24) is 9.47 Å². The molecule has 2 atom stereocenters. The monoisotopic (exact) mass is 452 g/mol. The Balaban J connectivity index is 1.65. The van der Waals surface area contributed by atoms with Gasteiger partial charge in [-0.2, -0.15) is 0 Å². The predicted octanol–water partition coefficient (Wildman–Crippen LogP) is 4.38. The molecule has 0 saturated carbocycles. The summed E-state index contributed by atoms with van der Waals surface area (Å²) in [5, 5.41) is 10.5. The number of carboxylic acids is 1. The number of likely N-dealkylation sites (N-methyl/N-ethyl adjacent to an activating group) is 1. The third-order valence-electron chi connectivity index (χ3n) is 6.80. The predicted molar refractivity (Wildman–Crippen MR) is 124 cm³/mol. The second kappa shape index (κ2) is 9.25. The number of fused-ring (bicyclic) bond motifs is 3. The van der Waals surface area contributed by atoms with Crippen LogP contribution < -0.4 is 4.74 Å². The Kier molecular flexibility index (Phi) is 6.40. The molecule has 1 heterocycles. The maximum Gasteiger partial charge on any atom is 0.326 e. The van der Waals surface area contributed by atoms with Gasteiger partial charge in [-0.05, 0) is 55.5 Å². The number of para-hydroxylation sites is 1. The van der Waals surface area contributed by atoms with Crippen molar-refractivity contribution in [3.63, 3.8) is 0 Å². The number of carboxylic acid groups (broad SMARTS) is 1. The molecule has 1 amide bonds. The highest BCUT2D eigenvalue weighted by Crippen LogP contribution is 2.37. The fourth-order valence-electron chi connectivity index (χ4n) is 5.04. The molecule has 0 saturated heterocycles.